The first-order valence-corrected chi connectivity index (χ1v) is 8.37. The van der Waals surface area contributed by atoms with Crippen molar-refractivity contribution in [3.05, 3.63) is 0 Å². The van der Waals surface area contributed by atoms with Crippen LogP contribution in [0.5, 0.6) is 0 Å². The van der Waals surface area contributed by atoms with Crippen molar-refractivity contribution in [2.75, 3.05) is 0 Å². The minimum absolute atomic E-state index is 0.00507. The summed E-state index contributed by atoms with van der Waals surface area (Å²) in [6.07, 6.45) is 13.5. The first kappa shape index (κ1) is 14.9. The molecule has 2 fully saturated rings. The Bertz CT molecular complexity index is 273. The van der Waals surface area contributed by atoms with Crippen LogP contribution in [0, 0.1) is 10.8 Å². The van der Waals surface area contributed by atoms with Crippen molar-refractivity contribution in [2.24, 2.45) is 5.41 Å². The summed E-state index contributed by atoms with van der Waals surface area (Å²) in [5.74, 6) is 0.895. The maximum atomic E-state index is 8.70. The van der Waals surface area contributed by atoms with E-state index < -0.39 is 0 Å². The highest BCUT2D eigenvalue weighted by atomic mass is 15.2. The van der Waals surface area contributed by atoms with E-state index in [0.717, 1.165) is 5.84 Å². The molecular weight excluding hydrogens is 232 g/mol. The van der Waals surface area contributed by atoms with E-state index in [1.54, 1.807) is 0 Å². The van der Waals surface area contributed by atoms with Crippen LogP contribution in [0.2, 0.25) is 0 Å². The minimum Gasteiger partial charge on any atom is -0.354 e. The van der Waals surface area contributed by atoms with Gasteiger partial charge >= 0.3 is 0 Å². The molecule has 0 radical (unpaired) electrons. The van der Waals surface area contributed by atoms with E-state index >= 15 is 0 Å². The molecule has 0 spiro atoms. The normalized spacial score (nSPS) is 23.3. The molecule has 0 aliphatic heterocycles. The summed E-state index contributed by atoms with van der Waals surface area (Å²) in [7, 11) is 0. The van der Waals surface area contributed by atoms with Crippen molar-refractivity contribution in [3.63, 3.8) is 0 Å². The van der Waals surface area contributed by atoms with Crippen molar-refractivity contribution in [2.45, 2.75) is 97.1 Å². The van der Waals surface area contributed by atoms with Gasteiger partial charge in [-0.2, -0.15) is 0 Å². The van der Waals surface area contributed by atoms with E-state index in [2.05, 4.69) is 25.7 Å². The molecule has 0 unspecified atom stereocenters. The first-order valence-electron chi connectivity index (χ1n) is 8.37. The quantitative estimate of drug-likeness (QED) is 0.553. The highest BCUT2D eigenvalue weighted by molar-refractivity contribution is 5.84. The monoisotopic (exact) mass is 264 g/mol. The molecule has 0 aromatic carbocycles. The zero-order valence-electron chi connectivity index (χ0n) is 13.2. The third-order valence-corrected chi connectivity index (χ3v) is 4.90. The van der Waals surface area contributed by atoms with E-state index in [1.807, 2.05) is 0 Å². The second kappa shape index (κ2) is 6.28. The lowest BCUT2D eigenvalue weighted by Gasteiger charge is -2.46. The fraction of sp³-hybridized carbons (Fsp3) is 0.941. The Morgan fingerprint density at radius 1 is 0.789 bits per heavy atom. The van der Waals surface area contributed by atoms with Gasteiger partial charge in [0.15, 0.2) is 0 Å². The van der Waals surface area contributed by atoms with Gasteiger partial charge in [-0.05, 0) is 25.7 Å². The number of hydrogen-bond acceptors (Lipinski definition) is 1. The summed E-state index contributed by atoms with van der Waals surface area (Å²) >= 11 is 0. The second-order valence-corrected chi connectivity index (χ2v) is 7.59. The molecule has 2 saturated carbocycles. The van der Waals surface area contributed by atoms with Crippen LogP contribution in [0.1, 0.15) is 85.0 Å². The molecule has 1 N–H and O–H groups in total. The Kier molecular flexibility index (Phi) is 4.92. The topological polar surface area (TPSA) is 27.1 Å². The van der Waals surface area contributed by atoms with Crippen molar-refractivity contribution >= 4 is 5.84 Å². The molecule has 2 heteroatoms. The summed E-state index contributed by atoms with van der Waals surface area (Å²) in [5, 5.41) is 8.70. The Balaban J connectivity index is 2.13. The fourth-order valence-corrected chi connectivity index (χ4v) is 3.77. The molecule has 0 bridgehead atoms. The van der Waals surface area contributed by atoms with Crippen molar-refractivity contribution in [1.29, 1.82) is 5.41 Å². The van der Waals surface area contributed by atoms with Crippen LogP contribution < -0.4 is 0 Å². The maximum absolute atomic E-state index is 8.70. The average molecular weight is 264 g/mol. The number of nitrogens with one attached hydrogen (secondary N) is 1. The van der Waals surface area contributed by atoms with Gasteiger partial charge in [0.25, 0.3) is 0 Å². The van der Waals surface area contributed by atoms with Crippen molar-refractivity contribution in [3.8, 4) is 0 Å². The molecule has 0 aromatic rings. The molecule has 2 aliphatic rings. The molecule has 0 saturated heterocycles. The van der Waals surface area contributed by atoms with Crippen LogP contribution in [0.3, 0.4) is 0 Å². The summed E-state index contributed by atoms with van der Waals surface area (Å²) < 4.78 is 0. The zero-order chi connectivity index (χ0) is 13.9. The zero-order valence-corrected chi connectivity index (χ0v) is 13.2. The van der Waals surface area contributed by atoms with Crippen molar-refractivity contribution in [1.82, 2.24) is 4.90 Å². The lowest BCUT2D eigenvalue weighted by molar-refractivity contribution is 0.144. The van der Waals surface area contributed by atoms with Crippen LogP contribution in [0.4, 0.5) is 0 Å². The van der Waals surface area contributed by atoms with Gasteiger partial charge in [-0.25, -0.2) is 0 Å². The lowest BCUT2D eigenvalue weighted by atomic mass is 9.85. The van der Waals surface area contributed by atoms with E-state index in [4.69, 9.17) is 5.41 Å². The molecule has 2 rings (SSSR count). The van der Waals surface area contributed by atoms with Crippen LogP contribution in [0.25, 0.3) is 0 Å². The molecule has 0 amide bonds. The van der Waals surface area contributed by atoms with Crippen LogP contribution in [0.15, 0.2) is 0 Å². The van der Waals surface area contributed by atoms with Gasteiger partial charge < -0.3 is 4.90 Å². The van der Waals surface area contributed by atoms with Gasteiger partial charge in [-0.3, -0.25) is 5.41 Å². The van der Waals surface area contributed by atoms with E-state index in [-0.39, 0.29) is 5.41 Å². The summed E-state index contributed by atoms with van der Waals surface area (Å²) in [4.78, 5) is 2.55. The van der Waals surface area contributed by atoms with Gasteiger partial charge in [-0.15, -0.1) is 0 Å². The van der Waals surface area contributed by atoms with Gasteiger partial charge in [-0.1, -0.05) is 59.3 Å². The minimum atomic E-state index is -0.00507. The Morgan fingerprint density at radius 2 is 1.16 bits per heavy atom. The highest BCUT2D eigenvalue weighted by Gasteiger charge is 2.34. The third kappa shape index (κ3) is 3.73. The lowest BCUT2D eigenvalue weighted by Crippen LogP contribution is -2.52. The Morgan fingerprint density at radius 3 is 1.47 bits per heavy atom. The van der Waals surface area contributed by atoms with Gasteiger partial charge in [0.1, 0.15) is 5.84 Å². The molecule has 110 valence electrons. The number of rotatable bonds is 2. The Hall–Kier alpha value is -0.530. The summed E-state index contributed by atoms with van der Waals surface area (Å²) in [5.41, 5.74) is -0.00507. The standard InChI is InChI=1S/C17H32N2/c1-17(2,3)16(18)19(14-10-6-4-7-11-14)15-12-8-5-9-13-15/h14-15,18H,4-13H2,1-3H3. The molecule has 2 nitrogen and oxygen atoms in total. The number of amidine groups is 1. The molecular formula is C17H32N2. The fourth-order valence-electron chi connectivity index (χ4n) is 3.77. The molecule has 2 aliphatic carbocycles. The second-order valence-electron chi connectivity index (χ2n) is 7.59. The molecule has 0 aromatic heterocycles. The van der Waals surface area contributed by atoms with Gasteiger partial charge in [0.2, 0.25) is 0 Å². The SMILES string of the molecule is CC(C)(C)C(=N)N(C1CCCCC1)C1CCCCC1. The van der Waals surface area contributed by atoms with Crippen LogP contribution in [-0.4, -0.2) is 22.8 Å². The summed E-state index contributed by atoms with van der Waals surface area (Å²) in [6, 6.07) is 1.31. The predicted molar refractivity (Wildman–Crippen MR) is 82.8 cm³/mol. The number of hydrogen-bond donors (Lipinski definition) is 1. The average Bonchev–Trinajstić information content (AvgIpc) is 2.40. The molecule has 19 heavy (non-hydrogen) atoms. The third-order valence-electron chi connectivity index (χ3n) is 4.90. The first-order chi connectivity index (χ1) is 9.00. The van der Waals surface area contributed by atoms with Gasteiger partial charge in [0.05, 0.1) is 0 Å². The van der Waals surface area contributed by atoms with Crippen LogP contribution >= 0.6 is 0 Å². The number of nitrogens with zero attached hydrogens (tertiary/aromatic N) is 1. The van der Waals surface area contributed by atoms with Crippen LogP contribution in [-0.2, 0) is 0 Å². The summed E-state index contributed by atoms with van der Waals surface area (Å²) in [6.45, 7) is 6.61. The van der Waals surface area contributed by atoms with E-state index in [1.165, 1.54) is 64.2 Å². The molecule has 0 heterocycles. The van der Waals surface area contributed by atoms with E-state index in [9.17, 15) is 0 Å². The van der Waals surface area contributed by atoms with E-state index in [0.29, 0.717) is 12.1 Å². The predicted octanol–water partition coefficient (Wildman–Crippen LogP) is 4.98. The largest absolute Gasteiger partial charge is 0.354 e. The Labute approximate surface area is 119 Å². The van der Waals surface area contributed by atoms with Gasteiger partial charge in [0, 0.05) is 17.5 Å². The highest BCUT2D eigenvalue weighted by Crippen LogP contribution is 2.33. The molecule has 0 atom stereocenters. The maximum Gasteiger partial charge on any atom is 0.102 e. The smallest absolute Gasteiger partial charge is 0.102 e. The van der Waals surface area contributed by atoms with Crippen molar-refractivity contribution < 1.29 is 0 Å².